The summed E-state index contributed by atoms with van der Waals surface area (Å²) in [5, 5.41) is 7.57. The van der Waals surface area contributed by atoms with Crippen LogP contribution in [0.15, 0.2) is 54.9 Å². The Bertz CT molecular complexity index is 746. The molecule has 0 aliphatic carbocycles. The summed E-state index contributed by atoms with van der Waals surface area (Å²) in [4.78, 5) is 4.45. The number of pyridine rings is 1. The highest BCUT2D eigenvalue weighted by atomic mass is 15.2. The van der Waals surface area contributed by atoms with Gasteiger partial charge in [-0.3, -0.25) is 4.68 Å². The highest BCUT2D eigenvalue weighted by Gasteiger charge is 2.02. The lowest BCUT2D eigenvalue weighted by Gasteiger charge is -2.07. The zero-order chi connectivity index (χ0) is 14.7. The van der Waals surface area contributed by atoms with Crippen LogP contribution in [0.3, 0.4) is 0 Å². The third-order valence-corrected chi connectivity index (χ3v) is 3.33. The zero-order valence-corrected chi connectivity index (χ0v) is 12.2. The normalized spacial score (nSPS) is 10.6. The second-order valence-electron chi connectivity index (χ2n) is 5.12. The van der Waals surface area contributed by atoms with Crippen LogP contribution in [0.4, 0.5) is 5.82 Å². The molecule has 4 heteroatoms. The smallest absolute Gasteiger partial charge is 0.126 e. The maximum absolute atomic E-state index is 4.45. The first-order valence-electron chi connectivity index (χ1n) is 6.96. The molecular formula is C17H18N4. The van der Waals surface area contributed by atoms with Gasteiger partial charge in [-0.05, 0) is 36.2 Å². The van der Waals surface area contributed by atoms with E-state index >= 15 is 0 Å². The van der Waals surface area contributed by atoms with E-state index in [0.29, 0.717) is 0 Å². The quantitative estimate of drug-likeness (QED) is 0.795. The second-order valence-corrected chi connectivity index (χ2v) is 5.12. The monoisotopic (exact) mass is 278 g/mol. The highest BCUT2D eigenvalue weighted by Crippen LogP contribution is 2.20. The molecule has 0 fully saturated rings. The number of anilines is 1. The van der Waals surface area contributed by atoms with Gasteiger partial charge in [-0.2, -0.15) is 5.10 Å². The van der Waals surface area contributed by atoms with Gasteiger partial charge >= 0.3 is 0 Å². The molecule has 0 saturated carbocycles. The summed E-state index contributed by atoms with van der Waals surface area (Å²) in [6.45, 7) is 2.75. The maximum atomic E-state index is 4.45. The lowest BCUT2D eigenvalue weighted by Crippen LogP contribution is -2.01. The van der Waals surface area contributed by atoms with Crippen molar-refractivity contribution in [2.45, 2.75) is 13.5 Å². The fourth-order valence-corrected chi connectivity index (χ4v) is 2.27. The Labute approximate surface area is 124 Å². The largest absolute Gasteiger partial charge is 0.366 e. The van der Waals surface area contributed by atoms with Crippen molar-refractivity contribution >= 4 is 5.82 Å². The van der Waals surface area contributed by atoms with E-state index in [0.717, 1.165) is 23.6 Å². The number of rotatable bonds is 4. The number of hydrogen-bond acceptors (Lipinski definition) is 3. The van der Waals surface area contributed by atoms with E-state index in [1.165, 1.54) is 11.1 Å². The third-order valence-electron chi connectivity index (χ3n) is 3.33. The lowest BCUT2D eigenvalue weighted by molar-refractivity contribution is 0.768. The molecule has 3 aromatic rings. The molecule has 4 nitrogen and oxygen atoms in total. The molecule has 1 N–H and O–H groups in total. The van der Waals surface area contributed by atoms with Crippen molar-refractivity contribution < 1.29 is 0 Å². The van der Waals surface area contributed by atoms with Gasteiger partial charge in [0, 0.05) is 31.0 Å². The molecule has 0 aliphatic heterocycles. The third kappa shape index (κ3) is 3.28. The van der Waals surface area contributed by atoms with E-state index in [1.807, 2.05) is 49.2 Å². The number of nitrogens with zero attached hydrogens (tertiary/aromatic N) is 3. The molecule has 0 unspecified atom stereocenters. The molecule has 0 bridgehead atoms. The molecule has 0 amide bonds. The van der Waals surface area contributed by atoms with Crippen LogP contribution in [0.2, 0.25) is 0 Å². The average molecular weight is 278 g/mol. The van der Waals surface area contributed by atoms with Gasteiger partial charge in [0.15, 0.2) is 0 Å². The first kappa shape index (κ1) is 13.4. The molecule has 0 spiro atoms. The number of aromatic nitrogens is 3. The molecule has 1 aromatic carbocycles. The van der Waals surface area contributed by atoms with Crippen molar-refractivity contribution in [3.05, 3.63) is 66.1 Å². The summed E-state index contributed by atoms with van der Waals surface area (Å²) < 4.78 is 1.82. The second kappa shape index (κ2) is 5.79. The molecule has 2 heterocycles. The molecule has 0 aliphatic rings. The van der Waals surface area contributed by atoms with Gasteiger partial charge in [-0.1, -0.05) is 24.3 Å². The van der Waals surface area contributed by atoms with Crippen LogP contribution in [-0.4, -0.2) is 14.8 Å². The fraction of sp³-hybridized carbons (Fsp3) is 0.176. The molecule has 0 radical (unpaired) electrons. The predicted octanol–water partition coefficient (Wildman–Crippen LogP) is 3.40. The van der Waals surface area contributed by atoms with Crippen molar-refractivity contribution in [3.63, 3.8) is 0 Å². The standard InChI is InChI=1S/C17H18N4/c1-13-5-3-8-17(20-13)18-10-14-6-4-7-15(9-14)16-11-19-21(2)12-16/h3-9,11-12H,10H2,1-2H3,(H,18,20). The molecular weight excluding hydrogens is 260 g/mol. The lowest BCUT2D eigenvalue weighted by atomic mass is 10.1. The van der Waals surface area contributed by atoms with Crippen molar-refractivity contribution in [1.29, 1.82) is 0 Å². The van der Waals surface area contributed by atoms with Gasteiger partial charge in [0.25, 0.3) is 0 Å². The van der Waals surface area contributed by atoms with E-state index in [-0.39, 0.29) is 0 Å². The Balaban J connectivity index is 1.74. The molecule has 106 valence electrons. The predicted molar refractivity (Wildman–Crippen MR) is 84.9 cm³/mol. The van der Waals surface area contributed by atoms with E-state index in [9.17, 15) is 0 Å². The minimum absolute atomic E-state index is 0.755. The summed E-state index contributed by atoms with van der Waals surface area (Å²) in [6, 6.07) is 14.5. The Hall–Kier alpha value is -2.62. The van der Waals surface area contributed by atoms with Crippen LogP contribution in [0, 0.1) is 6.92 Å². The fourth-order valence-electron chi connectivity index (χ4n) is 2.27. The van der Waals surface area contributed by atoms with Crippen LogP contribution in [-0.2, 0) is 13.6 Å². The van der Waals surface area contributed by atoms with E-state index in [4.69, 9.17) is 0 Å². The SMILES string of the molecule is Cc1cccc(NCc2cccc(-c3cnn(C)c3)c2)n1. The number of aryl methyl sites for hydroxylation is 2. The van der Waals surface area contributed by atoms with E-state index in [1.54, 1.807) is 0 Å². The summed E-state index contributed by atoms with van der Waals surface area (Å²) >= 11 is 0. The Morgan fingerprint density at radius 3 is 2.71 bits per heavy atom. The van der Waals surface area contributed by atoms with Gasteiger partial charge in [0.1, 0.15) is 5.82 Å². The summed E-state index contributed by atoms with van der Waals surface area (Å²) in [5.41, 5.74) is 4.55. The number of benzene rings is 1. The van der Waals surface area contributed by atoms with E-state index < -0.39 is 0 Å². The summed E-state index contributed by atoms with van der Waals surface area (Å²) in [5.74, 6) is 0.904. The van der Waals surface area contributed by atoms with Crippen molar-refractivity contribution in [2.24, 2.45) is 7.05 Å². The Kier molecular flexibility index (Phi) is 3.69. The van der Waals surface area contributed by atoms with Crippen LogP contribution < -0.4 is 5.32 Å². The van der Waals surface area contributed by atoms with Crippen LogP contribution in [0.5, 0.6) is 0 Å². The average Bonchev–Trinajstić information content (AvgIpc) is 2.92. The van der Waals surface area contributed by atoms with Gasteiger partial charge in [-0.15, -0.1) is 0 Å². The first-order chi connectivity index (χ1) is 10.2. The Morgan fingerprint density at radius 1 is 1.10 bits per heavy atom. The highest BCUT2D eigenvalue weighted by molar-refractivity contribution is 5.62. The zero-order valence-electron chi connectivity index (χ0n) is 12.2. The van der Waals surface area contributed by atoms with Crippen LogP contribution in [0.25, 0.3) is 11.1 Å². The summed E-state index contributed by atoms with van der Waals surface area (Å²) in [6.07, 6.45) is 3.91. The molecule has 2 aromatic heterocycles. The number of hydrogen-bond donors (Lipinski definition) is 1. The molecule has 3 rings (SSSR count). The van der Waals surface area contributed by atoms with Gasteiger partial charge in [0.05, 0.1) is 6.20 Å². The van der Waals surface area contributed by atoms with Crippen molar-refractivity contribution in [1.82, 2.24) is 14.8 Å². The van der Waals surface area contributed by atoms with Crippen molar-refractivity contribution in [3.8, 4) is 11.1 Å². The Morgan fingerprint density at radius 2 is 1.95 bits per heavy atom. The minimum Gasteiger partial charge on any atom is -0.366 e. The molecule has 21 heavy (non-hydrogen) atoms. The first-order valence-corrected chi connectivity index (χ1v) is 6.96. The van der Waals surface area contributed by atoms with Crippen LogP contribution >= 0.6 is 0 Å². The van der Waals surface area contributed by atoms with Gasteiger partial charge in [-0.25, -0.2) is 4.98 Å². The minimum atomic E-state index is 0.755. The van der Waals surface area contributed by atoms with Crippen molar-refractivity contribution in [2.75, 3.05) is 5.32 Å². The van der Waals surface area contributed by atoms with Crippen LogP contribution in [0.1, 0.15) is 11.3 Å². The molecule has 0 atom stereocenters. The van der Waals surface area contributed by atoms with Gasteiger partial charge < -0.3 is 5.32 Å². The maximum Gasteiger partial charge on any atom is 0.126 e. The number of nitrogens with one attached hydrogen (secondary N) is 1. The summed E-state index contributed by atoms with van der Waals surface area (Å²) in [7, 11) is 1.93. The topological polar surface area (TPSA) is 42.7 Å². The van der Waals surface area contributed by atoms with E-state index in [2.05, 4.69) is 39.7 Å². The molecule has 0 saturated heterocycles. The van der Waals surface area contributed by atoms with Gasteiger partial charge in [0.2, 0.25) is 0 Å².